The van der Waals surface area contributed by atoms with E-state index in [0.717, 1.165) is 28.2 Å². The molecule has 3 aromatic rings. The maximum absolute atomic E-state index is 12.0. The summed E-state index contributed by atoms with van der Waals surface area (Å²) in [6, 6.07) is 25.9. The topological polar surface area (TPSA) is 41.1 Å². The first kappa shape index (κ1) is 17.1. The third kappa shape index (κ3) is 4.61. The van der Waals surface area contributed by atoms with Gasteiger partial charge in [-0.2, -0.15) is 0 Å². The quantitative estimate of drug-likeness (QED) is 0.563. The van der Waals surface area contributed by atoms with Gasteiger partial charge in [-0.05, 0) is 29.8 Å². The van der Waals surface area contributed by atoms with Crippen molar-refractivity contribution >= 4 is 34.6 Å². The van der Waals surface area contributed by atoms with Crippen molar-refractivity contribution in [1.82, 2.24) is 0 Å². The Hall–Kier alpha value is -2.78. The fourth-order valence-electron chi connectivity index (χ4n) is 2.58. The minimum absolute atomic E-state index is 0.0935. The number of halogens is 1. The molecule has 0 atom stereocenters. The van der Waals surface area contributed by atoms with Crippen LogP contribution in [-0.2, 0) is 4.79 Å². The van der Waals surface area contributed by atoms with E-state index in [2.05, 4.69) is 10.6 Å². The molecule has 0 saturated carbocycles. The van der Waals surface area contributed by atoms with Crippen molar-refractivity contribution in [3.63, 3.8) is 0 Å². The van der Waals surface area contributed by atoms with E-state index in [0.29, 0.717) is 5.88 Å². The number of hydrogen-bond donors (Lipinski definition) is 2. The largest absolute Gasteiger partial charge is 0.355 e. The number of amides is 1. The lowest BCUT2D eigenvalue weighted by atomic mass is 10.0. The van der Waals surface area contributed by atoms with Crippen LogP contribution in [-0.4, -0.2) is 11.8 Å². The number of hydrogen-bond acceptors (Lipinski definition) is 2. The molecule has 25 heavy (non-hydrogen) atoms. The maximum Gasteiger partial charge on any atom is 0.225 e. The van der Waals surface area contributed by atoms with Gasteiger partial charge in [0.05, 0.1) is 5.69 Å². The number of nitrogens with one attached hydrogen (secondary N) is 2. The molecule has 3 rings (SSSR count). The molecule has 3 aromatic carbocycles. The highest BCUT2D eigenvalue weighted by molar-refractivity contribution is 6.19. The lowest BCUT2D eigenvalue weighted by Gasteiger charge is -2.14. The summed E-state index contributed by atoms with van der Waals surface area (Å²) in [6.45, 7) is 0. The minimum atomic E-state index is -0.0935. The molecular formula is C21H19ClN2O. The molecule has 126 valence electrons. The van der Waals surface area contributed by atoms with Crippen molar-refractivity contribution in [2.45, 2.75) is 6.42 Å². The Labute approximate surface area is 152 Å². The zero-order valence-corrected chi connectivity index (χ0v) is 14.5. The molecule has 1 amide bonds. The van der Waals surface area contributed by atoms with Gasteiger partial charge in [0, 0.05) is 29.2 Å². The van der Waals surface area contributed by atoms with Crippen LogP contribution in [0.1, 0.15) is 6.42 Å². The smallest absolute Gasteiger partial charge is 0.225 e. The first-order chi connectivity index (χ1) is 12.3. The zero-order valence-electron chi connectivity index (χ0n) is 13.7. The number of rotatable bonds is 6. The van der Waals surface area contributed by atoms with Crippen LogP contribution in [0.25, 0.3) is 11.1 Å². The fourth-order valence-corrected chi connectivity index (χ4v) is 2.75. The molecule has 0 saturated heterocycles. The predicted molar refractivity (Wildman–Crippen MR) is 106 cm³/mol. The van der Waals surface area contributed by atoms with Crippen LogP contribution in [0.4, 0.5) is 17.1 Å². The SMILES string of the molecule is O=C(CCCl)Nc1cc(Nc2ccccc2)ccc1-c1ccccc1. The van der Waals surface area contributed by atoms with Gasteiger partial charge in [-0.1, -0.05) is 54.6 Å². The summed E-state index contributed by atoms with van der Waals surface area (Å²) in [4.78, 5) is 12.0. The average Bonchev–Trinajstić information content (AvgIpc) is 2.64. The maximum atomic E-state index is 12.0. The number of alkyl halides is 1. The molecule has 0 unspecified atom stereocenters. The lowest BCUT2D eigenvalue weighted by Crippen LogP contribution is -2.12. The van der Waals surface area contributed by atoms with E-state index >= 15 is 0 Å². The Bertz CT molecular complexity index is 835. The lowest BCUT2D eigenvalue weighted by molar-refractivity contribution is -0.115. The summed E-state index contributed by atoms with van der Waals surface area (Å²) >= 11 is 5.68. The van der Waals surface area contributed by atoms with E-state index in [1.807, 2.05) is 78.9 Å². The Balaban J connectivity index is 1.93. The van der Waals surface area contributed by atoms with Crippen molar-refractivity contribution in [1.29, 1.82) is 0 Å². The van der Waals surface area contributed by atoms with Gasteiger partial charge in [-0.15, -0.1) is 11.6 Å². The Morgan fingerprint density at radius 3 is 2.20 bits per heavy atom. The fraction of sp³-hybridized carbons (Fsp3) is 0.0952. The molecule has 0 bridgehead atoms. The molecule has 0 spiro atoms. The molecular weight excluding hydrogens is 332 g/mol. The van der Waals surface area contributed by atoms with Crippen LogP contribution in [0.2, 0.25) is 0 Å². The highest BCUT2D eigenvalue weighted by Crippen LogP contribution is 2.31. The van der Waals surface area contributed by atoms with Gasteiger partial charge in [0.1, 0.15) is 0 Å². The van der Waals surface area contributed by atoms with Crippen molar-refractivity contribution in [3.8, 4) is 11.1 Å². The number of anilines is 3. The second kappa shape index (κ2) is 8.36. The summed E-state index contributed by atoms with van der Waals surface area (Å²) in [6.07, 6.45) is 0.284. The van der Waals surface area contributed by atoms with Gasteiger partial charge >= 0.3 is 0 Å². The van der Waals surface area contributed by atoms with Crippen molar-refractivity contribution in [2.75, 3.05) is 16.5 Å². The van der Waals surface area contributed by atoms with Crippen LogP contribution in [0.3, 0.4) is 0 Å². The summed E-state index contributed by atoms with van der Waals surface area (Å²) in [5.74, 6) is 0.207. The van der Waals surface area contributed by atoms with Gasteiger partial charge in [0.2, 0.25) is 5.91 Å². The van der Waals surface area contributed by atoms with Crippen LogP contribution in [0.15, 0.2) is 78.9 Å². The number of benzene rings is 3. The van der Waals surface area contributed by atoms with Crippen LogP contribution in [0, 0.1) is 0 Å². The average molecular weight is 351 g/mol. The molecule has 4 heteroatoms. The predicted octanol–water partition coefficient (Wildman–Crippen LogP) is 5.66. The molecule has 0 heterocycles. The monoisotopic (exact) mass is 350 g/mol. The second-order valence-electron chi connectivity index (χ2n) is 5.60. The van der Waals surface area contributed by atoms with Crippen molar-refractivity contribution in [2.24, 2.45) is 0 Å². The van der Waals surface area contributed by atoms with Gasteiger partial charge < -0.3 is 10.6 Å². The number of para-hydroxylation sites is 1. The molecule has 2 N–H and O–H groups in total. The van der Waals surface area contributed by atoms with Gasteiger partial charge in [0.25, 0.3) is 0 Å². The molecule has 3 nitrogen and oxygen atoms in total. The molecule has 0 aliphatic heterocycles. The normalized spacial score (nSPS) is 10.3. The van der Waals surface area contributed by atoms with Gasteiger partial charge in [-0.3, -0.25) is 4.79 Å². The highest BCUT2D eigenvalue weighted by atomic mass is 35.5. The van der Waals surface area contributed by atoms with Gasteiger partial charge in [0.15, 0.2) is 0 Å². The third-order valence-corrected chi connectivity index (χ3v) is 3.95. The summed E-state index contributed by atoms with van der Waals surface area (Å²) < 4.78 is 0. The summed E-state index contributed by atoms with van der Waals surface area (Å²) in [5, 5.41) is 6.32. The second-order valence-corrected chi connectivity index (χ2v) is 5.98. The molecule has 0 aromatic heterocycles. The van der Waals surface area contributed by atoms with E-state index in [-0.39, 0.29) is 12.3 Å². The standard InChI is InChI=1S/C21H19ClN2O/c22-14-13-21(25)24-20-15-18(23-17-9-5-2-6-10-17)11-12-19(20)16-7-3-1-4-8-16/h1-12,15,23H,13-14H2,(H,24,25). The Morgan fingerprint density at radius 2 is 1.52 bits per heavy atom. The Morgan fingerprint density at radius 1 is 0.840 bits per heavy atom. The summed E-state index contributed by atoms with van der Waals surface area (Å²) in [7, 11) is 0. The number of carbonyl (C=O) groups is 1. The molecule has 0 radical (unpaired) electrons. The van der Waals surface area contributed by atoms with Crippen LogP contribution in [0.5, 0.6) is 0 Å². The van der Waals surface area contributed by atoms with E-state index in [1.54, 1.807) is 0 Å². The molecule has 0 aliphatic rings. The van der Waals surface area contributed by atoms with Crippen molar-refractivity contribution < 1.29 is 4.79 Å². The van der Waals surface area contributed by atoms with E-state index < -0.39 is 0 Å². The van der Waals surface area contributed by atoms with E-state index in [1.165, 1.54) is 0 Å². The first-order valence-electron chi connectivity index (χ1n) is 8.13. The molecule has 0 fully saturated rings. The molecule has 0 aliphatic carbocycles. The van der Waals surface area contributed by atoms with Crippen LogP contribution < -0.4 is 10.6 Å². The minimum Gasteiger partial charge on any atom is -0.355 e. The van der Waals surface area contributed by atoms with Crippen LogP contribution >= 0.6 is 11.6 Å². The van der Waals surface area contributed by atoms with Crippen molar-refractivity contribution in [3.05, 3.63) is 78.9 Å². The summed E-state index contributed by atoms with van der Waals surface area (Å²) in [5.41, 5.74) is 4.69. The third-order valence-electron chi connectivity index (χ3n) is 3.76. The Kier molecular flexibility index (Phi) is 5.70. The van der Waals surface area contributed by atoms with E-state index in [9.17, 15) is 4.79 Å². The number of carbonyl (C=O) groups excluding carboxylic acids is 1. The highest BCUT2D eigenvalue weighted by Gasteiger charge is 2.10. The van der Waals surface area contributed by atoms with Gasteiger partial charge in [-0.25, -0.2) is 0 Å². The first-order valence-corrected chi connectivity index (χ1v) is 8.67. The zero-order chi connectivity index (χ0) is 17.5. The van der Waals surface area contributed by atoms with E-state index in [4.69, 9.17) is 11.6 Å².